The summed E-state index contributed by atoms with van der Waals surface area (Å²) in [7, 11) is 1.95. The number of hydrogen-bond donors (Lipinski definition) is 1. The van der Waals surface area contributed by atoms with E-state index in [0.717, 1.165) is 18.7 Å². The quantitative estimate of drug-likeness (QED) is 0.773. The van der Waals surface area contributed by atoms with Crippen LogP contribution >= 0.6 is 0 Å². The van der Waals surface area contributed by atoms with E-state index in [0.29, 0.717) is 13.2 Å². The number of pyridine rings is 1. The van der Waals surface area contributed by atoms with Gasteiger partial charge in [0.25, 0.3) is 0 Å². The predicted octanol–water partition coefficient (Wildman–Crippen LogP) is 2.56. The zero-order valence-corrected chi connectivity index (χ0v) is 11.3. The van der Waals surface area contributed by atoms with E-state index < -0.39 is 0 Å². The zero-order chi connectivity index (χ0) is 13.3. The summed E-state index contributed by atoms with van der Waals surface area (Å²) in [5, 5.41) is 3.15. The Bertz CT molecular complexity index is 485. The summed E-state index contributed by atoms with van der Waals surface area (Å²) < 4.78 is 5.70. The van der Waals surface area contributed by atoms with Crippen LogP contribution in [0.3, 0.4) is 0 Å². The molecule has 0 aliphatic rings. The first-order chi connectivity index (χ1) is 9.38. The Balaban J connectivity index is 1.75. The molecule has 19 heavy (non-hydrogen) atoms. The minimum absolute atomic E-state index is 0.657. The number of nitrogens with zero attached hydrogens (tertiary/aromatic N) is 1. The fourth-order valence-corrected chi connectivity index (χ4v) is 1.95. The van der Waals surface area contributed by atoms with E-state index in [2.05, 4.69) is 34.6 Å². The summed E-state index contributed by atoms with van der Waals surface area (Å²) >= 11 is 0. The van der Waals surface area contributed by atoms with Crippen LogP contribution < -0.4 is 5.32 Å². The highest BCUT2D eigenvalue weighted by Gasteiger charge is 1.97. The second-order valence-corrected chi connectivity index (χ2v) is 4.47. The van der Waals surface area contributed by atoms with Gasteiger partial charge in [0.2, 0.25) is 0 Å². The highest BCUT2D eigenvalue weighted by Crippen LogP contribution is 2.07. The molecule has 0 radical (unpaired) electrons. The average Bonchev–Trinajstić information content (AvgIpc) is 2.46. The first-order valence-corrected chi connectivity index (χ1v) is 6.58. The molecule has 100 valence electrons. The topological polar surface area (TPSA) is 34.1 Å². The Morgan fingerprint density at radius 1 is 1.11 bits per heavy atom. The van der Waals surface area contributed by atoms with Gasteiger partial charge in [-0.25, -0.2) is 0 Å². The van der Waals surface area contributed by atoms with Gasteiger partial charge in [-0.2, -0.15) is 0 Å². The number of aromatic nitrogens is 1. The van der Waals surface area contributed by atoms with Crippen molar-refractivity contribution in [2.45, 2.75) is 19.6 Å². The largest absolute Gasteiger partial charge is 0.376 e. The third-order valence-electron chi connectivity index (χ3n) is 2.87. The molecule has 1 aromatic carbocycles. The van der Waals surface area contributed by atoms with E-state index in [1.165, 1.54) is 11.1 Å². The fourth-order valence-electron chi connectivity index (χ4n) is 1.95. The highest BCUT2D eigenvalue weighted by molar-refractivity contribution is 5.22. The van der Waals surface area contributed by atoms with Crippen molar-refractivity contribution >= 4 is 0 Å². The van der Waals surface area contributed by atoms with Gasteiger partial charge in [-0.15, -0.1) is 0 Å². The van der Waals surface area contributed by atoms with Crippen molar-refractivity contribution < 1.29 is 4.74 Å². The molecule has 0 spiro atoms. The monoisotopic (exact) mass is 256 g/mol. The van der Waals surface area contributed by atoms with E-state index >= 15 is 0 Å². The first-order valence-electron chi connectivity index (χ1n) is 6.58. The molecule has 1 N–H and O–H groups in total. The molecule has 0 aliphatic heterocycles. The van der Waals surface area contributed by atoms with Crippen molar-refractivity contribution in [3.63, 3.8) is 0 Å². The van der Waals surface area contributed by atoms with E-state index in [4.69, 9.17) is 4.74 Å². The van der Waals surface area contributed by atoms with Gasteiger partial charge >= 0.3 is 0 Å². The van der Waals surface area contributed by atoms with E-state index in [-0.39, 0.29) is 0 Å². The summed E-state index contributed by atoms with van der Waals surface area (Å²) in [4.78, 5) is 4.27. The summed E-state index contributed by atoms with van der Waals surface area (Å²) in [6.07, 6.45) is 2.67. The Kier molecular flexibility index (Phi) is 5.53. The molecule has 0 fully saturated rings. The number of hydrogen-bond acceptors (Lipinski definition) is 3. The van der Waals surface area contributed by atoms with Gasteiger partial charge in [0.1, 0.15) is 0 Å². The summed E-state index contributed by atoms with van der Waals surface area (Å²) in [6.45, 7) is 2.25. The molecule has 0 aliphatic carbocycles. The van der Waals surface area contributed by atoms with E-state index in [1.807, 2.05) is 31.4 Å². The Hall–Kier alpha value is -1.71. The number of nitrogens with one attached hydrogen (secondary N) is 1. The van der Waals surface area contributed by atoms with Crippen molar-refractivity contribution in [2.75, 3.05) is 13.7 Å². The van der Waals surface area contributed by atoms with Crippen molar-refractivity contribution in [2.24, 2.45) is 0 Å². The van der Waals surface area contributed by atoms with Gasteiger partial charge in [-0.1, -0.05) is 30.3 Å². The zero-order valence-electron chi connectivity index (χ0n) is 11.3. The molecule has 2 aromatic rings. The molecule has 0 saturated heterocycles. The SMILES string of the molecule is CNCc1cccc(COCCc2ccccn2)c1. The molecular formula is C16H20N2O. The Labute approximate surface area is 114 Å². The maximum atomic E-state index is 5.70. The highest BCUT2D eigenvalue weighted by atomic mass is 16.5. The minimum Gasteiger partial charge on any atom is -0.376 e. The van der Waals surface area contributed by atoms with E-state index in [1.54, 1.807) is 0 Å². The van der Waals surface area contributed by atoms with Gasteiger partial charge < -0.3 is 10.1 Å². The molecule has 0 amide bonds. The molecule has 3 nitrogen and oxygen atoms in total. The molecular weight excluding hydrogens is 236 g/mol. The lowest BCUT2D eigenvalue weighted by Crippen LogP contribution is -2.05. The normalized spacial score (nSPS) is 10.6. The molecule has 1 heterocycles. The lowest BCUT2D eigenvalue weighted by atomic mass is 10.1. The van der Waals surface area contributed by atoms with Crippen molar-refractivity contribution in [3.8, 4) is 0 Å². The van der Waals surface area contributed by atoms with Crippen LogP contribution in [0.5, 0.6) is 0 Å². The van der Waals surface area contributed by atoms with Gasteiger partial charge in [0.15, 0.2) is 0 Å². The average molecular weight is 256 g/mol. The summed E-state index contributed by atoms with van der Waals surface area (Å²) in [5.74, 6) is 0. The van der Waals surface area contributed by atoms with Crippen molar-refractivity contribution in [1.29, 1.82) is 0 Å². The smallest absolute Gasteiger partial charge is 0.0717 e. The van der Waals surface area contributed by atoms with E-state index in [9.17, 15) is 0 Å². The van der Waals surface area contributed by atoms with Crippen LogP contribution in [0.4, 0.5) is 0 Å². The number of rotatable bonds is 7. The molecule has 0 saturated carbocycles. The van der Waals surface area contributed by atoms with Crippen LogP contribution in [0, 0.1) is 0 Å². The standard InChI is InChI=1S/C16H20N2O/c1-17-12-14-5-4-6-15(11-14)13-19-10-8-16-7-2-3-9-18-16/h2-7,9,11,17H,8,10,12-13H2,1H3. The lowest BCUT2D eigenvalue weighted by molar-refractivity contribution is 0.123. The third kappa shape index (κ3) is 4.81. The van der Waals surface area contributed by atoms with Crippen LogP contribution in [-0.2, 0) is 24.3 Å². The minimum atomic E-state index is 0.657. The summed E-state index contributed by atoms with van der Waals surface area (Å²) in [5.41, 5.74) is 3.58. The first kappa shape index (κ1) is 13.7. The number of benzene rings is 1. The van der Waals surface area contributed by atoms with Crippen molar-refractivity contribution in [1.82, 2.24) is 10.3 Å². The van der Waals surface area contributed by atoms with Crippen LogP contribution in [0.15, 0.2) is 48.7 Å². The molecule has 0 atom stereocenters. The lowest BCUT2D eigenvalue weighted by Gasteiger charge is -2.06. The number of ether oxygens (including phenoxy) is 1. The molecule has 3 heteroatoms. The predicted molar refractivity (Wildman–Crippen MR) is 76.8 cm³/mol. The van der Waals surface area contributed by atoms with Gasteiger partial charge in [-0.05, 0) is 30.3 Å². The molecule has 0 unspecified atom stereocenters. The second kappa shape index (κ2) is 7.67. The van der Waals surface area contributed by atoms with Crippen LogP contribution in [-0.4, -0.2) is 18.6 Å². The maximum absolute atomic E-state index is 5.70. The van der Waals surface area contributed by atoms with Crippen molar-refractivity contribution in [3.05, 3.63) is 65.5 Å². The summed E-state index contributed by atoms with van der Waals surface area (Å²) in [6, 6.07) is 14.4. The van der Waals surface area contributed by atoms with Crippen LogP contribution in [0.25, 0.3) is 0 Å². The maximum Gasteiger partial charge on any atom is 0.0717 e. The van der Waals surface area contributed by atoms with Crippen LogP contribution in [0.1, 0.15) is 16.8 Å². The van der Waals surface area contributed by atoms with Gasteiger partial charge in [0, 0.05) is 24.9 Å². The van der Waals surface area contributed by atoms with Crippen LogP contribution in [0.2, 0.25) is 0 Å². The Morgan fingerprint density at radius 2 is 2.00 bits per heavy atom. The molecule has 1 aromatic heterocycles. The molecule has 0 bridgehead atoms. The second-order valence-electron chi connectivity index (χ2n) is 4.47. The Morgan fingerprint density at radius 3 is 2.79 bits per heavy atom. The fraction of sp³-hybridized carbons (Fsp3) is 0.312. The van der Waals surface area contributed by atoms with Gasteiger partial charge in [-0.3, -0.25) is 4.98 Å². The van der Waals surface area contributed by atoms with Gasteiger partial charge in [0.05, 0.1) is 13.2 Å². The third-order valence-corrected chi connectivity index (χ3v) is 2.87. The molecule has 2 rings (SSSR count).